The summed E-state index contributed by atoms with van der Waals surface area (Å²) in [6, 6.07) is 5.32. The standard InChI is InChI=1S/C19H16BrClFN3O5/c1-3-28-18(26)24-17-15(14-16(30-17)11(20)7-8-23-14)25(19(27)29-4-2)10-5-6-13(22)12(21)9-10/h5-9H,3-4H2,1-2H3,(H,24,26). The molecule has 3 rings (SSSR count). The van der Waals surface area contributed by atoms with Gasteiger partial charge in [-0.25, -0.2) is 18.9 Å². The van der Waals surface area contributed by atoms with Crippen molar-refractivity contribution in [3.05, 3.63) is 45.8 Å². The Morgan fingerprint density at radius 3 is 2.67 bits per heavy atom. The molecule has 3 aromatic rings. The molecule has 0 radical (unpaired) electrons. The van der Waals surface area contributed by atoms with Crippen LogP contribution in [0.25, 0.3) is 11.1 Å². The summed E-state index contributed by atoms with van der Waals surface area (Å²) in [5, 5.41) is 2.25. The third-order valence-corrected chi connectivity index (χ3v) is 4.74. The highest BCUT2D eigenvalue weighted by Crippen LogP contribution is 2.43. The molecule has 158 valence electrons. The van der Waals surface area contributed by atoms with Crippen LogP contribution >= 0.6 is 27.5 Å². The van der Waals surface area contributed by atoms with Crippen molar-refractivity contribution in [2.45, 2.75) is 13.8 Å². The first-order valence-electron chi connectivity index (χ1n) is 8.80. The molecule has 0 atom stereocenters. The van der Waals surface area contributed by atoms with Gasteiger partial charge in [0.1, 0.15) is 17.0 Å². The molecule has 0 aliphatic rings. The number of furan rings is 1. The zero-order valence-electron chi connectivity index (χ0n) is 15.9. The van der Waals surface area contributed by atoms with E-state index in [0.29, 0.717) is 4.47 Å². The second kappa shape index (κ2) is 9.31. The molecule has 2 heterocycles. The van der Waals surface area contributed by atoms with Gasteiger partial charge in [0.25, 0.3) is 0 Å². The SMILES string of the molecule is CCOC(=O)Nc1oc2c(Br)ccnc2c1N(C(=O)OCC)c1ccc(F)c(Cl)c1. The number of fused-ring (bicyclic) bond motifs is 1. The van der Waals surface area contributed by atoms with Crippen molar-refractivity contribution in [2.24, 2.45) is 0 Å². The highest BCUT2D eigenvalue weighted by atomic mass is 79.9. The molecular weight excluding hydrogens is 485 g/mol. The number of hydrogen-bond acceptors (Lipinski definition) is 6. The molecule has 0 aliphatic carbocycles. The van der Waals surface area contributed by atoms with Gasteiger partial charge in [-0.05, 0) is 54.0 Å². The van der Waals surface area contributed by atoms with Gasteiger partial charge in [0.05, 0.1) is 28.4 Å². The first kappa shape index (κ1) is 21.8. The minimum absolute atomic E-state index is 0.0673. The number of halogens is 3. The van der Waals surface area contributed by atoms with E-state index in [0.717, 1.165) is 11.0 Å². The van der Waals surface area contributed by atoms with Gasteiger partial charge >= 0.3 is 12.2 Å². The first-order valence-corrected chi connectivity index (χ1v) is 9.97. The summed E-state index contributed by atoms with van der Waals surface area (Å²) >= 11 is 9.27. The Morgan fingerprint density at radius 1 is 1.27 bits per heavy atom. The van der Waals surface area contributed by atoms with Crippen molar-refractivity contribution < 1.29 is 27.9 Å². The second-order valence-electron chi connectivity index (χ2n) is 5.73. The van der Waals surface area contributed by atoms with E-state index in [1.165, 1.54) is 18.3 Å². The maximum atomic E-state index is 13.7. The number of nitrogens with one attached hydrogen (secondary N) is 1. The fraction of sp³-hybridized carbons (Fsp3) is 0.211. The molecule has 11 heteroatoms. The van der Waals surface area contributed by atoms with E-state index in [1.807, 2.05) is 0 Å². The van der Waals surface area contributed by atoms with Crippen LogP contribution in [0, 0.1) is 5.82 Å². The summed E-state index contributed by atoms with van der Waals surface area (Å²) in [6.45, 7) is 3.47. The molecule has 2 amide bonds. The number of benzene rings is 1. The number of hydrogen-bond donors (Lipinski definition) is 1. The van der Waals surface area contributed by atoms with Gasteiger partial charge < -0.3 is 13.9 Å². The van der Waals surface area contributed by atoms with Crippen LogP contribution in [0.5, 0.6) is 0 Å². The van der Waals surface area contributed by atoms with Gasteiger partial charge in [0.2, 0.25) is 5.88 Å². The van der Waals surface area contributed by atoms with Gasteiger partial charge in [0, 0.05) is 6.20 Å². The zero-order valence-corrected chi connectivity index (χ0v) is 18.2. The van der Waals surface area contributed by atoms with E-state index < -0.39 is 18.0 Å². The molecular formula is C19H16BrClFN3O5. The molecule has 0 fully saturated rings. The average molecular weight is 501 g/mol. The van der Waals surface area contributed by atoms with E-state index in [4.69, 9.17) is 25.5 Å². The lowest BCUT2D eigenvalue weighted by atomic mass is 10.2. The van der Waals surface area contributed by atoms with Gasteiger partial charge in [-0.2, -0.15) is 0 Å². The van der Waals surface area contributed by atoms with Crippen LogP contribution in [0.2, 0.25) is 5.02 Å². The highest BCUT2D eigenvalue weighted by molar-refractivity contribution is 9.10. The molecule has 0 saturated heterocycles. The van der Waals surface area contributed by atoms with E-state index in [9.17, 15) is 14.0 Å². The van der Waals surface area contributed by atoms with Crippen LogP contribution in [0.1, 0.15) is 13.8 Å². The zero-order chi connectivity index (χ0) is 21.8. The van der Waals surface area contributed by atoms with Crippen LogP contribution in [0.3, 0.4) is 0 Å². The molecule has 0 bridgehead atoms. The number of pyridine rings is 1. The third-order valence-electron chi connectivity index (χ3n) is 3.83. The molecule has 30 heavy (non-hydrogen) atoms. The normalized spacial score (nSPS) is 10.7. The van der Waals surface area contributed by atoms with Gasteiger partial charge in [-0.1, -0.05) is 11.6 Å². The number of carbonyl (C=O) groups is 2. The number of nitrogens with zero attached hydrogens (tertiary/aromatic N) is 2. The number of carbonyl (C=O) groups excluding carboxylic acids is 2. The lowest BCUT2D eigenvalue weighted by Gasteiger charge is -2.22. The van der Waals surface area contributed by atoms with Gasteiger partial charge in [0.15, 0.2) is 5.58 Å². The Hall–Kier alpha value is -2.85. The smallest absolute Gasteiger partial charge is 0.419 e. The molecule has 0 aliphatic heterocycles. The molecule has 0 saturated carbocycles. The molecule has 8 nitrogen and oxygen atoms in total. The van der Waals surface area contributed by atoms with Crippen molar-refractivity contribution in [3.8, 4) is 0 Å². The Bertz CT molecular complexity index is 1110. The molecule has 1 aromatic carbocycles. The molecule has 0 unspecified atom stereocenters. The monoisotopic (exact) mass is 499 g/mol. The molecule has 1 N–H and O–H groups in total. The Kier molecular flexibility index (Phi) is 6.78. The number of rotatable bonds is 5. The fourth-order valence-electron chi connectivity index (χ4n) is 2.64. The van der Waals surface area contributed by atoms with Crippen LogP contribution < -0.4 is 10.2 Å². The third kappa shape index (κ3) is 4.34. The lowest BCUT2D eigenvalue weighted by Crippen LogP contribution is -2.28. The lowest BCUT2D eigenvalue weighted by molar-refractivity contribution is 0.162. The minimum Gasteiger partial charge on any atom is -0.450 e. The summed E-state index contributed by atoms with van der Waals surface area (Å²) < 4.78 is 30.1. The molecule has 0 spiro atoms. The summed E-state index contributed by atoms with van der Waals surface area (Å²) in [6.07, 6.45) is -0.118. The fourth-order valence-corrected chi connectivity index (χ4v) is 3.20. The van der Waals surface area contributed by atoms with E-state index in [1.54, 1.807) is 19.9 Å². The topological polar surface area (TPSA) is 93.9 Å². The number of aromatic nitrogens is 1. The maximum Gasteiger partial charge on any atom is 0.419 e. The maximum absolute atomic E-state index is 13.7. The van der Waals surface area contributed by atoms with Crippen molar-refractivity contribution in [1.82, 2.24) is 4.98 Å². The number of ether oxygens (including phenoxy) is 2. The van der Waals surface area contributed by atoms with E-state index in [2.05, 4.69) is 26.2 Å². The molecule has 2 aromatic heterocycles. The van der Waals surface area contributed by atoms with Crippen LogP contribution in [-0.2, 0) is 9.47 Å². The summed E-state index contributed by atoms with van der Waals surface area (Å²) in [4.78, 5) is 30.3. The summed E-state index contributed by atoms with van der Waals surface area (Å²) in [7, 11) is 0. The van der Waals surface area contributed by atoms with Crippen LogP contribution in [0.15, 0.2) is 39.4 Å². The quantitative estimate of drug-likeness (QED) is 0.445. The van der Waals surface area contributed by atoms with Crippen molar-refractivity contribution in [3.63, 3.8) is 0 Å². The van der Waals surface area contributed by atoms with E-state index >= 15 is 0 Å². The first-order chi connectivity index (χ1) is 14.4. The highest BCUT2D eigenvalue weighted by Gasteiger charge is 2.31. The number of amides is 2. The van der Waals surface area contributed by atoms with E-state index in [-0.39, 0.29) is 46.6 Å². The minimum atomic E-state index is -0.809. The summed E-state index contributed by atoms with van der Waals surface area (Å²) in [5.41, 5.74) is 0.753. The largest absolute Gasteiger partial charge is 0.450 e. The Morgan fingerprint density at radius 2 is 2.00 bits per heavy atom. The second-order valence-corrected chi connectivity index (χ2v) is 6.99. The van der Waals surface area contributed by atoms with Crippen molar-refractivity contribution in [2.75, 3.05) is 23.4 Å². The van der Waals surface area contributed by atoms with Crippen molar-refractivity contribution >= 4 is 68.1 Å². The predicted octanol–water partition coefficient (Wildman–Crippen LogP) is 6.25. The Labute approximate surface area is 184 Å². The van der Waals surface area contributed by atoms with Crippen LogP contribution in [0.4, 0.5) is 31.2 Å². The summed E-state index contributed by atoms with van der Waals surface area (Å²) in [5.74, 6) is -0.775. The Balaban J connectivity index is 2.26. The van der Waals surface area contributed by atoms with Gasteiger partial charge in [-0.15, -0.1) is 0 Å². The van der Waals surface area contributed by atoms with Crippen molar-refractivity contribution in [1.29, 1.82) is 0 Å². The average Bonchev–Trinajstić information content (AvgIpc) is 3.04. The van der Waals surface area contributed by atoms with Gasteiger partial charge in [-0.3, -0.25) is 10.3 Å². The van der Waals surface area contributed by atoms with Crippen LogP contribution in [-0.4, -0.2) is 30.4 Å². The number of anilines is 3. The predicted molar refractivity (Wildman–Crippen MR) is 113 cm³/mol.